The quantitative estimate of drug-likeness (QED) is 0.772. The largest absolute Gasteiger partial charge is 0.393 e. The number of hydrogen-bond acceptors (Lipinski definition) is 3. The number of nitrogens with one attached hydrogen (secondary N) is 1. The van der Waals surface area contributed by atoms with Gasteiger partial charge >= 0.3 is 0 Å². The minimum Gasteiger partial charge on any atom is -0.393 e. The summed E-state index contributed by atoms with van der Waals surface area (Å²) in [6.45, 7) is 5.73. The maximum Gasteiger partial charge on any atom is 0.251 e. The molecule has 1 aromatic carbocycles. The number of rotatable bonds is 6. The third kappa shape index (κ3) is 5.22. The molecule has 0 aliphatic rings. The minimum atomic E-state index is -0.359. The molecule has 0 saturated heterocycles. The Labute approximate surface area is 113 Å². The second-order valence-corrected chi connectivity index (χ2v) is 5.03. The molecule has 1 rings (SSSR count). The standard InChI is InChI=1S/C15H21NO3/c1-10(8-11(2)17)9-16-15(19)14-6-4-13(5-7-14)12(3)18/h4-7,10-11,17H,8-9H2,1-3H3,(H,16,19). The van der Waals surface area contributed by atoms with Crippen molar-refractivity contribution in [2.45, 2.75) is 33.3 Å². The Hall–Kier alpha value is -1.68. The van der Waals surface area contributed by atoms with Crippen LogP contribution >= 0.6 is 0 Å². The summed E-state index contributed by atoms with van der Waals surface area (Å²) in [6, 6.07) is 6.59. The SMILES string of the molecule is CC(=O)c1ccc(C(=O)NCC(C)CC(C)O)cc1. The van der Waals surface area contributed by atoms with Gasteiger partial charge in [0.15, 0.2) is 5.78 Å². The number of benzene rings is 1. The Balaban J connectivity index is 2.52. The predicted molar refractivity (Wildman–Crippen MR) is 74.2 cm³/mol. The van der Waals surface area contributed by atoms with Gasteiger partial charge < -0.3 is 10.4 Å². The molecule has 0 spiro atoms. The lowest BCUT2D eigenvalue weighted by Gasteiger charge is -2.14. The van der Waals surface area contributed by atoms with Gasteiger partial charge in [-0.15, -0.1) is 0 Å². The molecule has 2 atom stereocenters. The highest BCUT2D eigenvalue weighted by molar-refractivity contribution is 5.97. The molecule has 0 fully saturated rings. The second kappa shape index (κ2) is 7.04. The highest BCUT2D eigenvalue weighted by atomic mass is 16.3. The summed E-state index contributed by atoms with van der Waals surface area (Å²) in [5.74, 6) is 0.0468. The van der Waals surface area contributed by atoms with Crippen LogP contribution in [0.5, 0.6) is 0 Å². The third-order valence-corrected chi connectivity index (χ3v) is 2.91. The summed E-state index contributed by atoms with van der Waals surface area (Å²) in [4.78, 5) is 23.0. The maximum atomic E-state index is 11.9. The molecule has 0 saturated carbocycles. The van der Waals surface area contributed by atoms with Crippen LogP contribution in [0.25, 0.3) is 0 Å². The summed E-state index contributed by atoms with van der Waals surface area (Å²) < 4.78 is 0. The number of amides is 1. The molecule has 1 aromatic rings. The van der Waals surface area contributed by atoms with Crippen molar-refractivity contribution in [1.29, 1.82) is 0 Å². The number of Topliss-reactive ketones (excluding diaryl/α,β-unsaturated/α-hetero) is 1. The fraction of sp³-hybridized carbons (Fsp3) is 0.467. The van der Waals surface area contributed by atoms with E-state index in [0.29, 0.717) is 24.1 Å². The van der Waals surface area contributed by atoms with Gasteiger partial charge in [0.2, 0.25) is 0 Å². The van der Waals surface area contributed by atoms with Crippen LogP contribution in [0.15, 0.2) is 24.3 Å². The summed E-state index contributed by atoms with van der Waals surface area (Å²) in [6.07, 6.45) is 0.297. The first-order valence-corrected chi connectivity index (χ1v) is 6.47. The lowest BCUT2D eigenvalue weighted by atomic mass is 10.0. The molecule has 0 radical (unpaired) electrons. The molecule has 0 bridgehead atoms. The fourth-order valence-corrected chi connectivity index (χ4v) is 1.89. The molecule has 2 N–H and O–H groups in total. The van der Waals surface area contributed by atoms with Crippen molar-refractivity contribution in [3.05, 3.63) is 35.4 Å². The Bertz CT molecular complexity index is 437. The molecule has 0 aliphatic carbocycles. The van der Waals surface area contributed by atoms with E-state index in [1.54, 1.807) is 31.2 Å². The minimum absolute atomic E-state index is 0.0162. The van der Waals surface area contributed by atoms with Crippen molar-refractivity contribution in [1.82, 2.24) is 5.32 Å². The number of aliphatic hydroxyl groups excluding tert-OH is 1. The van der Waals surface area contributed by atoms with Crippen molar-refractivity contribution in [2.75, 3.05) is 6.54 Å². The van der Waals surface area contributed by atoms with E-state index < -0.39 is 0 Å². The summed E-state index contributed by atoms with van der Waals surface area (Å²) in [5.41, 5.74) is 1.13. The van der Waals surface area contributed by atoms with Gasteiger partial charge in [-0.25, -0.2) is 0 Å². The number of ketones is 1. The first kappa shape index (κ1) is 15.4. The summed E-state index contributed by atoms with van der Waals surface area (Å²) >= 11 is 0. The molecule has 0 aliphatic heterocycles. The van der Waals surface area contributed by atoms with Crippen LogP contribution in [0.4, 0.5) is 0 Å². The molecular formula is C15H21NO3. The van der Waals surface area contributed by atoms with E-state index in [2.05, 4.69) is 5.32 Å². The van der Waals surface area contributed by atoms with Crippen LogP contribution in [-0.4, -0.2) is 29.4 Å². The molecular weight excluding hydrogens is 242 g/mol. The summed E-state index contributed by atoms with van der Waals surface area (Å²) in [5, 5.41) is 12.1. The maximum absolute atomic E-state index is 11.9. The van der Waals surface area contributed by atoms with Crippen LogP contribution in [0.3, 0.4) is 0 Å². The van der Waals surface area contributed by atoms with Crippen molar-refractivity contribution >= 4 is 11.7 Å². The molecule has 104 valence electrons. The van der Waals surface area contributed by atoms with Gasteiger partial charge in [-0.2, -0.15) is 0 Å². The highest BCUT2D eigenvalue weighted by Gasteiger charge is 2.10. The van der Waals surface area contributed by atoms with Crippen molar-refractivity contribution < 1.29 is 14.7 Å². The molecule has 19 heavy (non-hydrogen) atoms. The monoisotopic (exact) mass is 263 g/mol. The van der Waals surface area contributed by atoms with Crippen LogP contribution in [0.1, 0.15) is 47.9 Å². The molecule has 2 unspecified atom stereocenters. The smallest absolute Gasteiger partial charge is 0.251 e. The third-order valence-electron chi connectivity index (χ3n) is 2.91. The van der Waals surface area contributed by atoms with Crippen LogP contribution in [0, 0.1) is 5.92 Å². The zero-order chi connectivity index (χ0) is 14.4. The van der Waals surface area contributed by atoms with E-state index >= 15 is 0 Å². The van der Waals surface area contributed by atoms with Crippen LogP contribution in [0.2, 0.25) is 0 Å². The van der Waals surface area contributed by atoms with Crippen LogP contribution in [-0.2, 0) is 0 Å². The van der Waals surface area contributed by atoms with Gasteiger partial charge in [0, 0.05) is 17.7 Å². The molecule has 4 nitrogen and oxygen atoms in total. The topological polar surface area (TPSA) is 66.4 Å². The molecule has 1 amide bonds. The predicted octanol–water partition coefficient (Wildman–Crippen LogP) is 2.03. The first-order chi connectivity index (χ1) is 8.90. The van der Waals surface area contributed by atoms with E-state index in [9.17, 15) is 14.7 Å². The number of hydrogen-bond donors (Lipinski definition) is 2. The Morgan fingerprint density at radius 3 is 2.16 bits per heavy atom. The molecule has 0 aromatic heterocycles. The van der Waals surface area contributed by atoms with Crippen LogP contribution < -0.4 is 5.32 Å². The lowest BCUT2D eigenvalue weighted by molar-refractivity contribution is 0.0938. The van der Waals surface area contributed by atoms with Gasteiger partial charge in [0.05, 0.1) is 6.10 Å². The average Bonchev–Trinajstić information content (AvgIpc) is 2.35. The van der Waals surface area contributed by atoms with Gasteiger partial charge in [-0.1, -0.05) is 19.1 Å². The molecule has 4 heteroatoms. The molecule has 0 heterocycles. The van der Waals surface area contributed by atoms with E-state index in [1.165, 1.54) is 6.92 Å². The van der Waals surface area contributed by atoms with E-state index in [-0.39, 0.29) is 23.7 Å². The number of carbonyl (C=O) groups excluding carboxylic acids is 2. The van der Waals surface area contributed by atoms with Gasteiger partial charge in [-0.05, 0) is 38.3 Å². The van der Waals surface area contributed by atoms with Gasteiger partial charge in [-0.3, -0.25) is 9.59 Å². The van der Waals surface area contributed by atoms with Crippen molar-refractivity contribution in [3.63, 3.8) is 0 Å². The Morgan fingerprint density at radius 2 is 1.68 bits per heavy atom. The van der Waals surface area contributed by atoms with Crippen molar-refractivity contribution in [2.24, 2.45) is 5.92 Å². The van der Waals surface area contributed by atoms with E-state index in [1.807, 2.05) is 6.92 Å². The second-order valence-electron chi connectivity index (χ2n) is 5.03. The van der Waals surface area contributed by atoms with Crippen molar-refractivity contribution in [3.8, 4) is 0 Å². The zero-order valence-corrected chi connectivity index (χ0v) is 11.6. The number of aliphatic hydroxyl groups is 1. The normalized spacial score (nSPS) is 13.7. The fourth-order valence-electron chi connectivity index (χ4n) is 1.89. The zero-order valence-electron chi connectivity index (χ0n) is 11.6. The summed E-state index contributed by atoms with van der Waals surface area (Å²) in [7, 11) is 0. The van der Waals surface area contributed by atoms with E-state index in [0.717, 1.165) is 0 Å². The number of carbonyl (C=O) groups is 2. The Morgan fingerprint density at radius 1 is 1.16 bits per heavy atom. The van der Waals surface area contributed by atoms with Gasteiger partial charge in [0.25, 0.3) is 5.91 Å². The average molecular weight is 263 g/mol. The highest BCUT2D eigenvalue weighted by Crippen LogP contribution is 2.07. The van der Waals surface area contributed by atoms with E-state index in [4.69, 9.17) is 0 Å². The lowest BCUT2D eigenvalue weighted by Crippen LogP contribution is -2.29. The Kier molecular flexibility index (Phi) is 5.70. The first-order valence-electron chi connectivity index (χ1n) is 6.47. The van der Waals surface area contributed by atoms with Gasteiger partial charge in [0.1, 0.15) is 0 Å².